The zero-order chi connectivity index (χ0) is 8.23. The van der Waals surface area contributed by atoms with Crippen molar-refractivity contribution < 1.29 is 4.84 Å². The van der Waals surface area contributed by atoms with E-state index in [0.717, 1.165) is 5.01 Å². The summed E-state index contributed by atoms with van der Waals surface area (Å²) in [5.74, 6) is 0. The fourth-order valence-corrected chi connectivity index (χ4v) is 1.26. The van der Waals surface area contributed by atoms with Crippen LogP contribution in [0.25, 0.3) is 0 Å². The number of nitrogens with zero attached hydrogens (tertiary/aromatic N) is 3. The molecule has 5 heteroatoms. The quantitative estimate of drug-likeness (QED) is 0.700. The monoisotopic (exact) mass is 180 g/mol. The molecule has 2 heterocycles. The molecule has 12 heavy (non-hydrogen) atoms. The Kier molecular flexibility index (Phi) is 2.04. The zero-order valence-corrected chi connectivity index (χ0v) is 6.99. The van der Waals surface area contributed by atoms with Gasteiger partial charge in [0.1, 0.15) is 5.01 Å². The number of hydrogen-bond acceptors (Lipinski definition) is 4. The van der Waals surface area contributed by atoms with Gasteiger partial charge < -0.3 is 4.84 Å². The van der Waals surface area contributed by atoms with Crippen molar-refractivity contribution in [2.75, 3.05) is 0 Å². The van der Waals surface area contributed by atoms with E-state index in [0.29, 0.717) is 6.61 Å². The fraction of sp³-hybridized carbons (Fsp3) is 0.143. The van der Waals surface area contributed by atoms with Gasteiger partial charge in [0, 0.05) is 17.8 Å². The molecule has 0 aliphatic carbocycles. The molecular formula is C7H6N3OS. The standard InChI is InChI=1S/C7H6N3OS/c1-3-10(6-8-1)11-5-7-9-2-4-12-7/h1-4H,5H2. The van der Waals surface area contributed by atoms with E-state index in [1.54, 1.807) is 29.9 Å². The molecule has 1 radical (unpaired) electrons. The second-order valence-electron chi connectivity index (χ2n) is 2.05. The molecular weight excluding hydrogens is 174 g/mol. The smallest absolute Gasteiger partial charge is 0.214 e. The summed E-state index contributed by atoms with van der Waals surface area (Å²) in [6.07, 6.45) is 7.67. The number of thiazole rings is 1. The lowest BCUT2D eigenvalue weighted by Crippen LogP contribution is -2.08. The van der Waals surface area contributed by atoms with Crippen LogP contribution in [0.15, 0.2) is 24.0 Å². The molecule has 2 aromatic heterocycles. The Morgan fingerprint density at radius 2 is 2.58 bits per heavy atom. The van der Waals surface area contributed by atoms with Gasteiger partial charge in [0.05, 0.1) is 6.20 Å². The molecule has 2 rings (SSSR count). The van der Waals surface area contributed by atoms with Crippen molar-refractivity contribution in [3.63, 3.8) is 0 Å². The summed E-state index contributed by atoms with van der Waals surface area (Å²) in [6, 6.07) is 0. The fourth-order valence-electron chi connectivity index (χ4n) is 0.738. The second-order valence-corrected chi connectivity index (χ2v) is 3.03. The van der Waals surface area contributed by atoms with Gasteiger partial charge in [-0.25, -0.2) is 9.97 Å². The minimum Gasteiger partial charge on any atom is -0.405 e. The van der Waals surface area contributed by atoms with E-state index in [4.69, 9.17) is 4.84 Å². The Morgan fingerprint density at radius 3 is 3.25 bits per heavy atom. The van der Waals surface area contributed by atoms with E-state index >= 15 is 0 Å². The first-order chi connectivity index (χ1) is 5.95. The van der Waals surface area contributed by atoms with E-state index < -0.39 is 0 Å². The van der Waals surface area contributed by atoms with Crippen molar-refractivity contribution in [2.45, 2.75) is 6.61 Å². The third kappa shape index (κ3) is 1.62. The number of imidazole rings is 1. The summed E-state index contributed by atoms with van der Waals surface area (Å²) in [5.41, 5.74) is 0. The van der Waals surface area contributed by atoms with Gasteiger partial charge in [0.25, 0.3) is 0 Å². The van der Waals surface area contributed by atoms with Crippen LogP contribution in [-0.4, -0.2) is 14.7 Å². The Labute approximate surface area is 73.4 Å². The lowest BCUT2D eigenvalue weighted by atomic mass is 10.8. The van der Waals surface area contributed by atoms with E-state index in [9.17, 15) is 0 Å². The summed E-state index contributed by atoms with van der Waals surface area (Å²) < 4.78 is 1.43. The molecule has 0 bridgehead atoms. The molecule has 0 aliphatic rings. The Balaban J connectivity index is 1.91. The minimum atomic E-state index is 0.463. The molecule has 0 aliphatic heterocycles. The lowest BCUT2D eigenvalue weighted by molar-refractivity contribution is 0.0950. The highest BCUT2D eigenvalue weighted by Crippen LogP contribution is 2.03. The van der Waals surface area contributed by atoms with Crippen molar-refractivity contribution >= 4 is 11.3 Å². The second kappa shape index (κ2) is 3.36. The maximum atomic E-state index is 5.24. The molecule has 0 aromatic carbocycles. The van der Waals surface area contributed by atoms with Crippen LogP contribution in [0.2, 0.25) is 0 Å². The van der Waals surface area contributed by atoms with Crippen LogP contribution in [0.4, 0.5) is 0 Å². The highest BCUT2D eigenvalue weighted by Gasteiger charge is 1.95. The van der Waals surface area contributed by atoms with Gasteiger partial charge in [0.15, 0.2) is 6.61 Å². The topological polar surface area (TPSA) is 39.9 Å². The van der Waals surface area contributed by atoms with Gasteiger partial charge in [-0.05, 0) is 0 Å². The summed E-state index contributed by atoms with van der Waals surface area (Å²) in [5, 5.41) is 2.85. The van der Waals surface area contributed by atoms with Gasteiger partial charge in [-0.2, -0.15) is 4.73 Å². The van der Waals surface area contributed by atoms with Gasteiger partial charge in [-0.3, -0.25) is 0 Å². The molecule has 2 aromatic rings. The average molecular weight is 180 g/mol. The van der Waals surface area contributed by atoms with Crippen molar-refractivity contribution in [1.29, 1.82) is 0 Å². The largest absolute Gasteiger partial charge is 0.405 e. The maximum absolute atomic E-state index is 5.24. The summed E-state index contributed by atoms with van der Waals surface area (Å²) >= 11 is 1.56. The molecule has 0 spiro atoms. The predicted octanol–water partition coefficient (Wildman–Crippen LogP) is 0.769. The van der Waals surface area contributed by atoms with E-state index in [2.05, 4.69) is 16.3 Å². The molecule has 0 fully saturated rings. The molecule has 0 saturated heterocycles. The first kappa shape index (κ1) is 7.30. The van der Waals surface area contributed by atoms with E-state index in [1.807, 2.05) is 5.38 Å². The number of hydrogen-bond donors (Lipinski definition) is 0. The van der Waals surface area contributed by atoms with Gasteiger partial charge in [-0.1, -0.05) is 0 Å². The van der Waals surface area contributed by atoms with Gasteiger partial charge >= 0.3 is 0 Å². The Morgan fingerprint density at radius 1 is 1.58 bits per heavy atom. The van der Waals surface area contributed by atoms with Crippen molar-refractivity contribution in [3.8, 4) is 0 Å². The van der Waals surface area contributed by atoms with Crippen molar-refractivity contribution in [3.05, 3.63) is 35.3 Å². The van der Waals surface area contributed by atoms with Crippen molar-refractivity contribution in [2.24, 2.45) is 0 Å². The van der Waals surface area contributed by atoms with Crippen LogP contribution in [0.5, 0.6) is 0 Å². The van der Waals surface area contributed by atoms with Crippen molar-refractivity contribution in [1.82, 2.24) is 14.7 Å². The molecule has 0 unspecified atom stereocenters. The minimum absolute atomic E-state index is 0.463. The Hall–Kier alpha value is -1.36. The molecule has 0 amide bonds. The normalized spacial score (nSPS) is 10.0. The predicted molar refractivity (Wildman–Crippen MR) is 43.5 cm³/mol. The summed E-state index contributed by atoms with van der Waals surface area (Å²) in [7, 11) is 0. The first-order valence-corrected chi connectivity index (χ1v) is 4.26. The van der Waals surface area contributed by atoms with E-state index in [-0.39, 0.29) is 0 Å². The van der Waals surface area contributed by atoms with Crippen LogP contribution >= 0.6 is 11.3 Å². The average Bonchev–Trinajstić information content (AvgIpc) is 2.74. The van der Waals surface area contributed by atoms with Crippen LogP contribution in [0.3, 0.4) is 0 Å². The molecule has 0 N–H and O–H groups in total. The highest BCUT2D eigenvalue weighted by molar-refractivity contribution is 7.09. The van der Waals surface area contributed by atoms with E-state index in [1.165, 1.54) is 4.73 Å². The number of aromatic nitrogens is 3. The third-order valence-corrected chi connectivity index (χ3v) is 2.00. The van der Waals surface area contributed by atoms with Gasteiger partial charge in [-0.15, -0.1) is 11.3 Å². The number of rotatable bonds is 3. The highest BCUT2D eigenvalue weighted by atomic mass is 32.1. The molecule has 4 nitrogen and oxygen atoms in total. The summed E-state index contributed by atoms with van der Waals surface area (Å²) in [4.78, 5) is 13.0. The molecule has 0 saturated carbocycles. The van der Waals surface area contributed by atoms with Crippen LogP contribution in [0, 0.1) is 6.33 Å². The Bertz CT molecular complexity index is 282. The SMILES string of the molecule is [c]1nccn1OCc1nccs1. The van der Waals surface area contributed by atoms with Gasteiger partial charge in [0.2, 0.25) is 6.33 Å². The first-order valence-electron chi connectivity index (χ1n) is 3.38. The molecule has 61 valence electrons. The van der Waals surface area contributed by atoms with Crippen LogP contribution in [-0.2, 0) is 6.61 Å². The zero-order valence-electron chi connectivity index (χ0n) is 6.17. The molecule has 0 atom stereocenters. The van der Waals surface area contributed by atoms with Crippen LogP contribution < -0.4 is 4.84 Å². The van der Waals surface area contributed by atoms with Crippen LogP contribution in [0.1, 0.15) is 5.01 Å². The third-order valence-electron chi connectivity index (χ3n) is 1.24. The summed E-state index contributed by atoms with van der Waals surface area (Å²) in [6.45, 7) is 0.463. The lowest BCUT2D eigenvalue weighted by Gasteiger charge is -2.00. The maximum Gasteiger partial charge on any atom is 0.214 e.